The van der Waals surface area contributed by atoms with Crippen LogP contribution in [-0.4, -0.2) is 20.8 Å². The molecular weight excluding hydrogens is 192 g/mol. The summed E-state index contributed by atoms with van der Waals surface area (Å²) in [6.45, 7) is 0.851. The average Bonchev–Trinajstić information content (AvgIpc) is 2.81. The van der Waals surface area contributed by atoms with E-state index in [1.54, 1.807) is 14.2 Å². The monoisotopic (exact) mass is 208 g/mol. The lowest BCUT2D eigenvalue weighted by Crippen LogP contribution is -1.97. The Morgan fingerprint density at radius 1 is 1.13 bits per heavy atom. The molecule has 0 bridgehead atoms. The van der Waals surface area contributed by atoms with Crippen LogP contribution in [0.5, 0.6) is 11.5 Å². The molecule has 82 valence electrons. The topological polar surface area (TPSA) is 27.7 Å². The highest BCUT2D eigenvalue weighted by Gasteiger charge is 2.19. The first-order valence-electron chi connectivity index (χ1n) is 5.18. The summed E-state index contributed by atoms with van der Waals surface area (Å²) in [6, 6.07) is 5.90. The number of hydrogen-bond donors (Lipinski definition) is 0. The molecule has 1 aromatic rings. The van der Waals surface area contributed by atoms with Gasteiger partial charge < -0.3 is 14.2 Å². The van der Waals surface area contributed by atoms with Crippen molar-refractivity contribution in [2.45, 2.75) is 18.9 Å². The molecule has 3 heteroatoms. The highest BCUT2D eigenvalue weighted by Crippen LogP contribution is 2.33. The quantitative estimate of drug-likeness (QED) is 0.764. The molecule has 0 spiro atoms. The zero-order valence-electron chi connectivity index (χ0n) is 9.16. The summed E-state index contributed by atoms with van der Waals surface area (Å²) in [5.74, 6) is 1.64. The molecule has 3 nitrogen and oxygen atoms in total. The Kier molecular flexibility index (Phi) is 3.11. The van der Waals surface area contributed by atoms with Crippen molar-refractivity contribution in [3.63, 3.8) is 0 Å². The van der Waals surface area contributed by atoms with E-state index in [0.29, 0.717) is 0 Å². The van der Waals surface area contributed by atoms with Crippen molar-refractivity contribution >= 4 is 0 Å². The molecule has 1 heterocycles. The normalized spacial score (nSPS) is 20.3. The lowest BCUT2D eigenvalue weighted by atomic mass is 10.1. The van der Waals surface area contributed by atoms with E-state index in [0.717, 1.165) is 36.5 Å². The maximum Gasteiger partial charge on any atom is 0.122 e. The first-order valence-corrected chi connectivity index (χ1v) is 5.18. The van der Waals surface area contributed by atoms with Crippen LogP contribution in [0.1, 0.15) is 24.5 Å². The van der Waals surface area contributed by atoms with Crippen LogP contribution in [-0.2, 0) is 4.74 Å². The van der Waals surface area contributed by atoms with Crippen LogP contribution in [0.25, 0.3) is 0 Å². The van der Waals surface area contributed by atoms with E-state index in [1.807, 2.05) is 18.2 Å². The molecule has 1 fully saturated rings. The molecule has 1 aliphatic heterocycles. The van der Waals surface area contributed by atoms with Crippen LogP contribution < -0.4 is 9.47 Å². The number of rotatable bonds is 3. The maximum absolute atomic E-state index is 5.63. The van der Waals surface area contributed by atoms with Crippen molar-refractivity contribution in [3.05, 3.63) is 23.8 Å². The molecule has 15 heavy (non-hydrogen) atoms. The second-order valence-corrected chi connectivity index (χ2v) is 3.65. The van der Waals surface area contributed by atoms with Crippen molar-refractivity contribution in [1.29, 1.82) is 0 Å². The summed E-state index contributed by atoms with van der Waals surface area (Å²) in [4.78, 5) is 0. The van der Waals surface area contributed by atoms with Gasteiger partial charge >= 0.3 is 0 Å². The predicted octanol–water partition coefficient (Wildman–Crippen LogP) is 2.56. The van der Waals surface area contributed by atoms with Gasteiger partial charge in [0.2, 0.25) is 0 Å². The molecule has 1 unspecified atom stereocenters. The van der Waals surface area contributed by atoms with Gasteiger partial charge in [-0.2, -0.15) is 0 Å². The third-order valence-electron chi connectivity index (χ3n) is 2.68. The van der Waals surface area contributed by atoms with Gasteiger partial charge in [0.05, 0.1) is 20.3 Å². The molecule has 2 rings (SSSR count). The van der Waals surface area contributed by atoms with Gasteiger partial charge in [0, 0.05) is 12.7 Å². The van der Waals surface area contributed by atoms with Crippen molar-refractivity contribution in [1.82, 2.24) is 0 Å². The molecule has 0 amide bonds. The fourth-order valence-corrected chi connectivity index (χ4v) is 1.86. The van der Waals surface area contributed by atoms with Crippen LogP contribution >= 0.6 is 0 Å². The first kappa shape index (κ1) is 10.3. The number of benzene rings is 1. The van der Waals surface area contributed by atoms with Gasteiger partial charge in [0.1, 0.15) is 11.5 Å². The van der Waals surface area contributed by atoms with Crippen LogP contribution in [0.2, 0.25) is 0 Å². The molecule has 0 aromatic heterocycles. The minimum atomic E-state index is 0.203. The van der Waals surface area contributed by atoms with E-state index in [4.69, 9.17) is 14.2 Å². The summed E-state index contributed by atoms with van der Waals surface area (Å²) in [5.41, 5.74) is 1.14. The minimum Gasteiger partial charge on any atom is -0.497 e. The average molecular weight is 208 g/mol. The second-order valence-electron chi connectivity index (χ2n) is 3.65. The van der Waals surface area contributed by atoms with Crippen LogP contribution in [0, 0.1) is 0 Å². The third-order valence-corrected chi connectivity index (χ3v) is 2.68. The largest absolute Gasteiger partial charge is 0.497 e. The van der Waals surface area contributed by atoms with Gasteiger partial charge in [-0.15, -0.1) is 0 Å². The number of hydrogen-bond acceptors (Lipinski definition) is 3. The number of ether oxygens (including phenoxy) is 3. The zero-order chi connectivity index (χ0) is 10.7. The van der Waals surface area contributed by atoms with Crippen molar-refractivity contribution in [2.75, 3.05) is 20.8 Å². The van der Waals surface area contributed by atoms with Crippen molar-refractivity contribution in [2.24, 2.45) is 0 Å². The summed E-state index contributed by atoms with van der Waals surface area (Å²) < 4.78 is 16.1. The van der Waals surface area contributed by atoms with Gasteiger partial charge in [-0.3, -0.25) is 0 Å². The Hall–Kier alpha value is -1.22. The molecule has 0 saturated carbocycles. The molecule has 1 saturated heterocycles. The molecule has 0 N–H and O–H groups in total. The van der Waals surface area contributed by atoms with E-state index < -0.39 is 0 Å². The third kappa shape index (κ3) is 2.23. The zero-order valence-corrected chi connectivity index (χ0v) is 9.16. The van der Waals surface area contributed by atoms with Gasteiger partial charge in [-0.25, -0.2) is 0 Å². The summed E-state index contributed by atoms with van der Waals surface area (Å²) in [6.07, 6.45) is 2.41. The number of methoxy groups -OCH3 is 2. The van der Waals surface area contributed by atoms with Crippen molar-refractivity contribution in [3.8, 4) is 11.5 Å². The predicted molar refractivity (Wildman–Crippen MR) is 57.5 cm³/mol. The maximum atomic E-state index is 5.63. The van der Waals surface area contributed by atoms with E-state index >= 15 is 0 Å². The Bertz CT molecular complexity index is 307. The molecule has 0 aliphatic carbocycles. The minimum absolute atomic E-state index is 0.203. The summed E-state index contributed by atoms with van der Waals surface area (Å²) in [5, 5.41) is 0. The molecular formula is C12H16O3. The van der Waals surface area contributed by atoms with E-state index in [2.05, 4.69) is 0 Å². The van der Waals surface area contributed by atoms with Gasteiger partial charge in [0.15, 0.2) is 0 Å². The Morgan fingerprint density at radius 2 is 1.80 bits per heavy atom. The highest BCUT2D eigenvalue weighted by molar-refractivity contribution is 5.39. The van der Waals surface area contributed by atoms with Crippen LogP contribution in [0.15, 0.2) is 18.2 Å². The Balaban J connectivity index is 2.28. The Labute approximate surface area is 90.0 Å². The molecule has 1 aliphatic rings. The van der Waals surface area contributed by atoms with Crippen LogP contribution in [0.4, 0.5) is 0 Å². The van der Waals surface area contributed by atoms with Gasteiger partial charge in [-0.05, 0) is 30.5 Å². The fourth-order valence-electron chi connectivity index (χ4n) is 1.86. The summed E-state index contributed by atoms with van der Waals surface area (Å²) >= 11 is 0. The van der Waals surface area contributed by atoms with Gasteiger partial charge in [-0.1, -0.05) is 0 Å². The van der Waals surface area contributed by atoms with E-state index in [-0.39, 0.29) is 6.10 Å². The molecule has 1 aromatic carbocycles. The van der Waals surface area contributed by atoms with E-state index in [9.17, 15) is 0 Å². The summed E-state index contributed by atoms with van der Waals surface area (Å²) in [7, 11) is 3.32. The van der Waals surface area contributed by atoms with Crippen LogP contribution in [0.3, 0.4) is 0 Å². The fraction of sp³-hybridized carbons (Fsp3) is 0.500. The first-order chi connectivity index (χ1) is 7.33. The molecule has 0 radical (unpaired) electrons. The van der Waals surface area contributed by atoms with Crippen molar-refractivity contribution < 1.29 is 14.2 Å². The van der Waals surface area contributed by atoms with Gasteiger partial charge in [0.25, 0.3) is 0 Å². The van der Waals surface area contributed by atoms with E-state index in [1.165, 1.54) is 0 Å². The second kappa shape index (κ2) is 4.53. The standard InChI is InChI=1S/C12H16O3/c1-13-10-6-9(7-11(8-10)14-2)12-4-3-5-15-12/h6-8,12H,3-5H2,1-2H3. The smallest absolute Gasteiger partial charge is 0.122 e. The highest BCUT2D eigenvalue weighted by atomic mass is 16.5. The Morgan fingerprint density at radius 3 is 2.27 bits per heavy atom. The lowest BCUT2D eigenvalue weighted by Gasteiger charge is -2.13. The lowest BCUT2D eigenvalue weighted by molar-refractivity contribution is 0.111. The SMILES string of the molecule is COc1cc(OC)cc(C2CCCO2)c1. The molecule has 1 atom stereocenters.